The quantitative estimate of drug-likeness (QED) is 0.598. The third kappa shape index (κ3) is 8.23. The van der Waals surface area contributed by atoms with Crippen molar-refractivity contribution in [1.82, 2.24) is 10.2 Å². The van der Waals surface area contributed by atoms with Crippen molar-refractivity contribution in [2.45, 2.75) is 57.8 Å². The molecule has 0 saturated heterocycles. The third-order valence-corrected chi connectivity index (χ3v) is 3.89. The zero-order valence-corrected chi connectivity index (χ0v) is 14.4. The van der Waals surface area contributed by atoms with Crippen LogP contribution in [0.3, 0.4) is 0 Å². The number of unbranched alkanes of at least 4 members (excludes halogenated alkanes) is 3. The molecule has 0 aliphatic heterocycles. The molecule has 22 heavy (non-hydrogen) atoms. The monoisotopic (exact) mass is 308 g/mol. The molecule has 126 valence electrons. The zero-order valence-electron chi connectivity index (χ0n) is 14.4. The highest BCUT2D eigenvalue weighted by Crippen LogP contribution is 2.26. The van der Waals surface area contributed by atoms with Gasteiger partial charge in [-0.1, -0.05) is 32.6 Å². The van der Waals surface area contributed by atoms with Gasteiger partial charge in [0.05, 0.1) is 6.26 Å². The SMILES string of the molecule is CCCCCC[C@H](CC(=O)NCCCN(C)C)c1ccco1. The number of amides is 1. The lowest BCUT2D eigenvalue weighted by atomic mass is 9.94. The second-order valence-electron chi connectivity index (χ2n) is 6.27. The van der Waals surface area contributed by atoms with Crippen molar-refractivity contribution in [3.05, 3.63) is 24.2 Å². The molecule has 0 unspecified atom stereocenters. The number of nitrogens with zero attached hydrogens (tertiary/aromatic N) is 1. The van der Waals surface area contributed by atoms with Crippen molar-refractivity contribution in [3.8, 4) is 0 Å². The van der Waals surface area contributed by atoms with Gasteiger partial charge in [-0.3, -0.25) is 4.79 Å². The van der Waals surface area contributed by atoms with Crippen molar-refractivity contribution in [2.24, 2.45) is 0 Å². The van der Waals surface area contributed by atoms with Gasteiger partial charge in [0.1, 0.15) is 5.76 Å². The van der Waals surface area contributed by atoms with Gasteiger partial charge in [-0.2, -0.15) is 0 Å². The Bertz CT molecular complexity index is 388. The van der Waals surface area contributed by atoms with Crippen LogP contribution in [0.2, 0.25) is 0 Å². The molecule has 4 nitrogen and oxygen atoms in total. The number of hydrogen-bond acceptors (Lipinski definition) is 3. The van der Waals surface area contributed by atoms with E-state index in [9.17, 15) is 4.79 Å². The standard InChI is InChI=1S/C18H32N2O2/c1-4-5-6-7-10-16(17-11-8-14-22-17)15-18(21)19-12-9-13-20(2)3/h8,11,14,16H,4-7,9-10,12-13,15H2,1-3H3,(H,19,21)/t16-/m1/s1. The average Bonchev–Trinajstić information content (AvgIpc) is 3.01. The minimum Gasteiger partial charge on any atom is -0.469 e. The summed E-state index contributed by atoms with van der Waals surface area (Å²) in [6.45, 7) is 3.96. The van der Waals surface area contributed by atoms with Crippen LogP contribution in [0.25, 0.3) is 0 Å². The van der Waals surface area contributed by atoms with Gasteiger partial charge in [0, 0.05) is 18.9 Å². The first-order valence-electron chi connectivity index (χ1n) is 8.58. The summed E-state index contributed by atoms with van der Waals surface area (Å²) in [6.07, 6.45) is 9.13. The van der Waals surface area contributed by atoms with Crippen LogP contribution in [0.4, 0.5) is 0 Å². The van der Waals surface area contributed by atoms with Crippen molar-refractivity contribution in [2.75, 3.05) is 27.2 Å². The minimum atomic E-state index is 0.135. The molecule has 1 heterocycles. The molecule has 1 aromatic heterocycles. The summed E-state index contributed by atoms with van der Waals surface area (Å²) < 4.78 is 5.52. The smallest absolute Gasteiger partial charge is 0.220 e. The van der Waals surface area contributed by atoms with Crippen LogP contribution >= 0.6 is 0 Å². The van der Waals surface area contributed by atoms with Gasteiger partial charge in [0.15, 0.2) is 0 Å². The van der Waals surface area contributed by atoms with Crippen LogP contribution in [0.15, 0.2) is 22.8 Å². The molecule has 0 fully saturated rings. The lowest BCUT2D eigenvalue weighted by Crippen LogP contribution is -2.28. The molecule has 4 heteroatoms. The van der Waals surface area contributed by atoms with Gasteiger partial charge in [-0.05, 0) is 45.6 Å². The van der Waals surface area contributed by atoms with Gasteiger partial charge in [-0.15, -0.1) is 0 Å². The Morgan fingerprint density at radius 1 is 1.27 bits per heavy atom. The Balaban J connectivity index is 2.35. The average molecular weight is 308 g/mol. The first-order chi connectivity index (χ1) is 10.6. The van der Waals surface area contributed by atoms with E-state index in [4.69, 9.17) is 4.42 Å². The summed E-state index contributed by atoms with van der Waals surface area (Å²) in [4.78, 5) is 14.2. The number of carbonyl (C=O) groups is 1. The number of carbonyl (C=O) groups excluding carboxylic acids is 1. The van der Waals surface area contributed by atoms with E-state index in [1.54, 1.807) is 6.26 Å². The van der Waals surface area contributed by atoms with Gasteiger partial charge in [-0.25, -0.2) is 0 Å². The van der Waals surface area contributed by atoms with Crippen LogP contribution in [0, 0.1) is 0 Å². The summed E-state index contributed by atoms with van der Waals surface area (Å²) in [7, 11) is 4.09. The molecular formula is C18H32N2O2. The summed E-state index contributed by atoms with van der Waals surface area (Å²) in [5.41, 5.74) is 0. The molecule has 0 aromatic carbocycles. The van der Waals surface area contributed by atoms with Crippen LogP contribution in [-0.4, -0.2) is 38.0 Å². The van der Waals surface area contributed by atoms with Crippen molar-refractivity contribution >= 4 is 5.91 Å². The fourth-order valence-electron chi connectivity index (χ4n) is 2.61. The molecule has 0 spiro atoms. The van der Waals surface area contributed by atoms with E-state index in [1.165, 1.54) is 19.3 Å². The lowest BCUT2D eigenvalue weighted by Gasteiger charge is -2.15. The summed E-state index contributed by atoms with van der Waals surface area (Å²) >= 11 is 0. The highest BCUT2D eigenvalue weighted by atomic mass is 16.3. The summed E-state index contributed by atoms with van der Waals surface area (Å²) in [5, 5.41) is 3.02. The normalized spacial score (nSPS) is 12.5. The van der Waals surface area contributed by atoms with E-state index >= 15 is 0 Å². The Morgan fingerprint density at radius 2 is 2.09 bits per heavy atom. The highest BCUT2D eigenvalue weighted by Gasteiger charge is 2.18. The maximum atomic E-state index is 12.1. The number of rotatable bonds is 12. The molecule has 1 atom stereocenters. The van der Waals surface area contributed by atoms with E-state index < -0.39 is 0 Å². The molecule has 0 radical (unpaired) electrons. The van der Waals surface area contributed by atoms with E-state index in [1.807, 2.05) is 26.2 Å². The van der Waals surface area contributed by atoms with Gasteiger partial charge < -0.3 is 14.6 Å². The van der Waals surface area contributed by atoms with Gasteiger partial charge >= 0.3 is 0 Å². The van der Waals surface area contributed by atoms with Crippen LogP contribution in [0.1, 0.15) is 63.5 Å². The zero-order chi connectivity index (χ0) is 16.2. The van der Waals surface area contributed by atoms with Crippen LogP contribution < -0.4 is 5.32 Å². The molecule has 1 rings (SSSR count). The summed E-state index contributed by atoms with van der Waals surface area (Å²) in [5.74, 6) is 1.29. The first kappa shape index (κ1) is 18.8. The van der Waals surface area contributed by atoms with Gasteiger partial charge in [0.2, 0.25) is 5.91 Å². The van der Waals surface area contributed by atoms with Crippen molar-refractivity contribution in [1.29, 1.82) is 0 Å². The predicted molar refractivity (Wildman–Crippen MR) is 91.0 cm³/mol. The molecule has 1 aromatic rings. The van der Waals surface area contributed by atoms with Crippen LogP contribution in [0.5, 0.6) is 0 Å². The number of furan rings is 1. The molecule has 1 N–H and O–H groups in total. The maximum Gasteiger partial charge on any atom is 0.220 e. The van der Waals surface area contributed by atoms with Crippen molar-refractivity contribution < 1.29 is 9.21 Å². The lowest BCUT2D eigenvalue weighted by molar-refractivity contribution is -0.121. The fourth-order valence-corrected chi connectivity index (χ4v) is 2.61. The van der Waals surface area contributed by atoms with Crippen molar-refractivity contribution in [3.63, 3.8) is 0 Å². The maximum absolute atomic E-state index is 12.1. The van der Waals surface area contributed by atoms with Gasteiger partial charge in [0.25, 0.3) is 0 Å². The molecule has 0 aliphatic carbocycles. The summed E-state index contributed by atoms with van der Waals surface area (Å²) in [6, 6.07) is 3.90. The number of nitrogens with one attached hydrogen (secondary N) is 1. The minimum absolute atomic E-state index is 0.135. The molecule has 0 bridgehead atoms. The van der Waals surface area contributed by atoms with E-state index in [0.717, 1.165) is 38.1 Å². The largest absolute Gasteiger partial charge is 0.469 e. The van der Waals surface area contributed by atoms with E-state index in [-0.39, 0.29) is 11.8 Å². The predicted octanol–water partition coefficient (Wildman–Crippen LogP) is 3.79. The first-order valence-corrected chi connectivity index (χ1v) is 8.58. The van der Waals surface area contributed by atoms with E-state index in [0.29, 0.717) is 6.42 Å². The fraction of sp³-hybridized carbons (Fsp3) is 0.722. The van der Waals surface area contributed by atoms with E-state index in [2.05, 4.69) is 17.1 Å². The second kappa shape index (κ2) is 11.3. The third-order valence-electron chi connectivity index (χ3n) is 3.89. The molecule has 0 saturated carbocycles. The Hall–Kier alpha value is -1.29. The molecular weight excluding hydrogens is 276 g/mol. The molecule has 0 aliphatic rings. The second-order valence-corrected chi connectivity index (χ2v) is 6.27. The Morgan fingerprint density at radius 3 is 2.73 bits per heavy atom. The molecule has 1 amide bonds. The highest BCUT2D eigenvalue weighted by molar-refractivity contribution is 5.76. The topological polar surface area (TPSA) is 45.5 Å². The Kier molecular flexibility index (Phi) is 9.64. The number of hydrogen-bond donors (Lipinski definition) is 1. The van der Waals surface area contributed by atoms with Crippen LogP contribution in [-0.2, 0) is 4.79 Å². The Labute approximate surface area is 135 Å².